The van der Waals surface area contributed by atoms with Gasteiger partial charge in [0.05, 0.1) is 5.60 Å². The third-order valence-corrected chi connectivity index (χ3v) is 4.70. The molecule has 0 aliphatic carbocycles. The summed E-state index contributed by atoms with van der Waals surface area (Å²) in [7, 11) is 0. The number of hydrogen-bond acceptors (Lipinski definition) is 2. The average molecular weight is 340 g/mol. The van der Waals surface area contributed by atoms with E-state index in [9.17, 15) is 4.79 Å². The van der Waals surface area contributed by atoms with Crippen molar-refractivity contribution in [3.05, 3.63) is 34.3 Å². The summed E-state index contributed by atoms with van der Waals surface area (Å²) in [5.41, 5.74) is 0.637. The Labute approximate surface area is 129 Å². The molecule has 3 nitrogen and oxygen atoms in total. The van der Waals surface area contributed by atoms with Crippen LogP contribution in [0.1, 0.15) is 49.9 Å². The molecule has 0 aromatic heterocycles. The van der Waals surface area contributed by atoms with Gasteiger partial charge in [-0.2, -0.15) is 0 Å². The first-order valence-electron chi connectivity index (χ1n) is 7.29. The lowest BCUT2D eigenvalue weighted by molar-refractivity contribution is -0.0917. The summed E-state index contributed by atoms with van der Waals surface area (Å²) >= 11 is 3.40. The summed E-state index contributed by atoms with van der Waals surface area (Å²) in [6.45, 7) is 5.04. The summed E-state index contributed by atoms with van der Waals surface area (Å²) in [5, 5.41) is 3.15. The van der Waals surface area contributed by atoms with Gasteiger partial charge in [0.25, 0.3) is 5.91 Å². The summed E-state index contributed by atoms with van der Waals surface area (Å²) < 4.78 is 6.87. The zero-order chi connectivity index (χ0) is 14.6. The lowest BCUT2D eigenvalue weighted by atomic mass is 9.86. The number of halogens is 1. The molecule has 1 aliphatic rings. The Morgan fingerprint density at radius 1 is 1.45 bits per heavy atom. The van der Waals surface area contributed by atoms with E-state index in [4.69, 9.17) is 4.74 Å². The maximum atomic E-state index is 12.3. The fraction of sp³-hybridized carbons (Fsp3) is 0.562. The first kappa shape index (κ1) is 15.5. The average Bonchev–Trinajstić information content (AvgIpc) is 2.47. The summed E-state index contributed by atoms with van der Waals surface area (Å²) in [6.07, 6.45) is 3.78. The maximum Gasteiger partial charge on any atom is 0.251 e. The number of carbonyl (C=O) groups is 1. The van der Waals surface area contributed by atoms with E-state index < -0.39 is 0 Å². The Kier molecular flexibility index (Phi) is 5.22. The zero-order valence-corrected chi connectivity index (χ0v) is 13.7. The van der Waals surface area contributed by atoms with Crippen molar-refractivity contribution in [2.75, 3.05) is 6.61 Å². The number of rotatable bonds is 4. The van der Waals surface area contributed by atoms with E-state index in [1.807, 2.05) is 24.3 Å². The standard InChI is InChI=1S/C16H22BrNO2/c1-3-16(4-2)11-14(8-9-20-16)18-15(19)12-6-5-7-13(17)10-12/h5-7,10,14H,3-4,8-9,11H2,1-2H3,(H,18,19). The minimum atomic E-state index is -0.0620. The van der Waals surface area contributed by atoms with Gasteiger partial charge in [0.1, 0.15) is 0 Å². The third-order valence-electron chi connectivity index (χ3n) is 4.20. The second kappa shape index (κ2) is 6.72. The molecular formula is C16H22BrNO2. The van der Waals surface area contributed by atoms with Crippen LogP contribution in [0.4, 0.5) is 0 Å². The van der Waals surface area contributed by atoms with E-state index in [-0.39, 0.29) is 17.6 Å². The van der Waals surface area contributed by atoms with Gasteiger partial charge in [0.2, 0.25) is 0 Å². The topological polar surface area (TPSA) is 38.3 Å². The van der Waals surface area contributed by atoms with E-state index in [0.29, 0.717) is 5.56 Å². The van der Waals surface area contributed by atoms with Gasteiger partial charge in [-0.1, -0.05) is 35.8 Å². The molecule has 1 atom stereocenters. The van der Waals surface area contributed by atoms with Gasteiger partial charge in [0, 0.05) is 22.7 Å². The van der Waals surface area contributed by atoms with Gasteiger partial charge in [-0.15, -0.1) is 0 Å². The molecule has 0 bridgehead atoms. The Balaban J connectivity index is 2.01. The van der Waals surface area contributed by atoms with E-state index in [1.54, 1.807) is 0 Å². The van der Waals surface area contributed by atoms with Gasteiger partial charge in [-0.3, -0.25) is 4.79 Å². The molecule has 0 saturated carbocycles. The van der Waals surface area contributed by atoms with Crippen LogP contribution in [-0.4, -0.2) is 24.2 Å². The highest BCUT2D eigenvalue weighted by molar-refractivity contribution is 9.10. The van der Waals surface area contributed by atoms with E-state index in [1.165, 1.54) is 0 Å². The number of carbonyl (C=O) groups excluding carboxylic acids is 1. The van der Waals surface area contributed by atoms with Crippen molar-refractivity contribution in [2.24, 2.45) is 0 Å². The molecule has 1 saturated heterocycles. The largest absolute Gasteiger partial charge is 0.375 e. The van der Waals surface area contributed by atoms with Crippen molar-refractivity contribution in [3.8, 4) is 0 Å². The van der Waals surface area contributed by atoms with E-state index >= 15 is 0 Å². The SMILES string of the molecule is CCC1(CC)CC(NC(=O)c2cccc(Br)c2)CCO1. The van der Waals surface area contributed by atoms with Crippen molar-refractivity contribution in [1.82, 2.24) is 5.32 Å². The smallest absolute Gasteiger partial charge is 0.251 e. The first-order chi connectivity index (χ1) is 9.58. The molecular weight excluding hydrogens is 318 g/mol. The van der Waals surface area contributed by atoms with Crippen molar-refractivity contribution < 1.29 is 9.53 Å². The monoisotopic (exact) mass is 339 g/mol. The van der Waals surface area contributed by atoms with Gasteiger partial charge in [-0.05, 0) is 43.9 Å². The zero-order valence-electron chi connectivity index (χ0n) is 12.1. The van der Waals surface area contributed by atoms with Crippen LogP contribution >= 0.6 is 15.9 Å². The molecule has 1 aromatic rings. The Bertz CT molecular complexity index is 471. The molecule has 1 aliphatic heterocycles. The minimum absolute atomic E-state index is 0.000642. The number of ether oxygens (including phenoxy) is 1. The quantitative estimate of drug-likeness (QED) is 0.902. The number of benzene rings is 1. The van der Waals surface area contributed by atoms with E-state index in [0.717, 1.165) is 36.8 Å². The normalized spacial score (nSPS) is 21.4. The highest BCUT2D eigenvalue weighted by Crippen LogP contribution is 2.31. The Hall–Kier alpha value is -0.870. The van der Waals surface area contributed by atoms with Gasteiger partial charge >= 0.3 is 0 Å². The Morgan fingerprint density at radius 2 is 2.20 bits per heavy atom. The molecule has 1 amide bonds. The lowest BCUT2D eigenvalue weighted by Crippen LogP contribution is -2.48. The first-order valence-corrected chi connectivity index (χ1v) is 8.08. The van der Waals surface area contributed by atoms with Crippen molar-refractivity contribution >= 4 is 21.8 Å². The van der Waals surface area contributed by atoms with Crippen LogP contribution in [0.15, 0.2) is 28.7 Å². The van der Waals surface area contributed by atoms with Gasteiger partial charge in [0.15, 0.2) is 0 Å². The molecule has 0 radical (unpaired) electrons. The van der Waals surface area contributed by atoms with Crippen LogP contribution in [-0.2, 0) is 4.74 Å². The van der Waals surface area contributed by atoms with Crippen LogP contribution in [0.25, 0.3) is 0 Å². The molecule has 1 fully saturated rings. The molecule has 110 valence electrons. The molecule has 1 unspecified atom stereocenters. The lowest BCUT2D eigenvalue weighted by Gasteiger charge is -2.40. The predicted molar refractivity (Wildman–Crippen MR) is 83.9 cm³/mol. The Morgan fingerprint density at radius 3 is 2.85 bits per heavy atom. The fourth-order valence-electron chi connectivity index (χ4n) is 2.79. The second-order valence-corrected chi connectivity index (χ2v) is 6.33. The molecule has 1 aromatic carbocycles. The highest BCUT2D eigenvalue weighted by atomic mass is 79.9. The maximum absolute atomic E-state index is 12.3. The predicted octanol–water partition coefficient (Wildman–Crippen LogP) is 3.92. The van der Waals surface area contributed by atoms with Crippen LogP contribution in [0.3, 0.4) is 0 Å². The van der Waals surface area contributed by atoms with Crippen LogP contribution in [0, 0.1) is 0 Å². The molecule has 1 heterocycles. The van der Waals surface area contributed by atoms with E-state index in [2.05, 4.69) is 35.1 Å². The number of hydrogen-bond donors (Lipinski definition) is 1. The highest BCUT2D eigenvalue weighted by Gasteiger charge is 2.35. The minimum Gasteiger partial charge on any atom is -0.375 e. The molecule has 2 rings (SSSR count). The molecule has 1 N–H and O–H groups in total. The summed E-state index contributed by atoms with van der Waals surface area (Å²) in [5.74, 6) is -0.000642. The van der Waals surface area contributed by atoms with Crippen LogP contribution in [0.5, 0.6) is 0 Å². The fourth-order valence-corrected chi connectivity index (χ4v) is 3.19. The van der Waals surface area contributed by atoms with Gasteiger partial charge in [-0.25, -0.2) is 0 Å². The summed E-state index contributed by atoms with van der Waals surface area (Å²) in [6, 6.07) is 7.69. The van der Waals surface area contributed by atoms with Gasteiger partial charge < -0.3 is 10.1 Å². The van der Waals surface area contributed by atoms with Crippen molar-refractivity contribution in [2.45, 2.75) is 51.2 Å². The third kappa shape index (κ3) is 3.61. The summed E-state index contributed by atoms with van der Waals surface area (Å²) in [4.78, 5) is 12.3. The van der Waals surface area contributed by atoms with Crippen LogP contribution < -0.4 is 5.32 Å². The second-order valence-electron chi connectivity index (χ2n) is 5.41. The van der Waals surface area contributed by atoms with Crippen molar-refractivity contribution in [3.63, 3.8) is 0 Å². The molecule has 0 spiro atoms. The molecule has 4 heteroatoms. The molecule has 20 heavy (non-hydrogen) atoms. The number of amides is 1. The van der Waals surface area contributed by atoms with Crippen molar-refractivity contribution in [1.29, 1.82) is 0 Å². The number of nitrogens with one attached hydrogen (secondary N) is 1. The van der Waals surface area contributed by atoms with Crippen LogP contribution in [0.2, 0.25) is 0 Å².